The van der Waals surface area contributed by atoms with E-state index in [0.29, 0.717) is 38.0 Å². The van der Waals surface area contributed by atoms with E-state index in [9.17, 15) is 9.00 Å². The normalized spacial score (nSPS) is 24.7. The molecule has 1 amide bonds. The summed E-state index contributed by atoms with van der Waals surface area (Å²) in [4.78, 5) is 29.7. The fraction of sp³-hybridized carbons (Fsp3) is 0.513. The highest BCUT2D eigenvalue weighted by molar-refractivity contribution is 7.81. The lowest BCUT2D eigenvalue weighted by molar-refractivity contribution is -0.125. The molecule has 2 aromatic carbocycles. The van der Waals surface area contributed by atoms with Crippen LogP contribution in [0.2, 0.25) is 0 Å². The van der Waals surface area contributed by atoms with Crippen molar-refractivity contribution in [1.29, 1.82) is 0 Å². The SMILES string of the molecule is Cc1ccc(Nc2nc(-c3ccc4c(c3)N(C3CC(N5CCCCC5)C3)C(=O)C43CCN(S(C)=O)CC3)cc3ncn(C4CC4)c23)cc1C. The molecule has 9 nitrogen and oxygen atoms in total. The number of hydrogen-bond acceptors (Lipinski definition) is 6. The van der Waals surface area contributed by atoms with Crippen molar-refractivity contribution in [1.82, 2.24) is 23.7 Å². The maximum absolute atomic E-state index is 14.7. The van der Waals surface area contributed by atoms with Crippen LogP contribution in [0.25, 0.3) is 22.3 Å². The highest BCUT2D eigenvalue weighted by Crippen LogP contribution is 2.52. The van der Waals surface area contributed by atoms with E-state index in [1.807, 2.05) is 10.6 Å². The van der Waals surface area contributed by atoms with Crippen molar-refractivity contribution in [3.63, 3.8) is 0 Å². The van der Waals surface area contributed by atoms with Crippen molar-refractivity contribution in [2.75, 3.05) is 42.7 Å². The molecule has 4 aromatic rings. The number of pyridine rings is 1. The van der Waals surface area contributed by atoms with Crippen LogP contribution in [0.1, 0.15) is 80.5 Å². The highest BCUT2D eigenvalue weighted by Gasteiger charge is 2.55. The molecule has 49 heavy (non-hydrogen) atoms. The van der Waals surface area contributed by atoms with E-state index >= 15 is 0 Å². The van der Waals surface area contributed by atoms with Crippen LogP contribution < -0.4 is 10.2 Å². The monoisotopic (exact) mass is 677 g/mol. The first kappa shape index (κ1) is 31.4. The second-order valence-corrected chi connectivity index (χ2v) is 16.6. The van der Waals surface area contributed by atoms with E-state index in [-0.39, 0.29) is 11.9 Å². The van der Waals surface area contributed by atoms with Crippen LogP contribution in [0.4, 0.5) is 17.2 Å². The van der Waals surface area contributed by atoms with E-state index in [0.717, 1.165) is 57.9 Å². The van der Waals surface area contributed by atoms with Gasteiger partial charge < -0.3 is 19.7 Å². The van der Waals surface area contributed by atoms with Gasteiger partial charge in [0.1, 0.15) is 5.52 Å². The molecule has 2 aliphatic carbocycles. The molecule has 0 bridgehead atoms. The van der Waals surface area contributed by atoms with Gasteiger partial charge in [-0.1, -0.05) is 24.6 Å². The number of nitrogens with one attached hydrogen (secondary N) is 1. The second-order valence-electron chi connectivity index (χ2n) is 15.2. The fourth-order valence-electron chi connectivity index (χ4n) is 8.95. The molecule has 2 saturated heterocycles. The third-order valence-electron chi connectivity index (χ3n) is 12.3. The maximum atomic E-state index is 14.7. The first-order chi connectivity index (χ1) is 23.8. The number of imidazole rings is 1. The van der Waals surface area contributed by atoms with Crippen LogP contribution in [-0.4, -0.2) is 78.4 Å². The Morgan fingerprint density at radius 3 is 2.37 bits per heavy atom. The topological polar surface area (TPSA) is 86.6 Å². The van der Waals surface area contributed by atoms with Crippen molar-refractivity contribution in [2.24, 2.45) is 0 Å². The molecule has 4 fully saturated rings. The molecule has 2 aromatic heterocycles. The lowest BCUT2D eigenvalue weighted by Gasteiger charge is -2.48. The summed E-state index contributed by atoms with van der Waals surface area (Å²) >= 11 is 0. The number of hydrogen-bond donors (Lipinski definition) is 1. The third-order valence-corrected chi connectivity index (χ3v) is 13.4. The largest absolute Gasteiger partial charge is 0.338 e. The van der Waals surface area contributed by atoms with Gasteiger partial charge in [-0.3, -0.25) is 4.79 Å². The number of piperidine rings is 2. The zero-order chi connectivity index (χ0) is 33.4. The Bertz CT molecular complexity index is 1970. The molecule has 3 aliphatic heterocycles. The molecule has 256 valence electrons. The Morgan fingerprint density at radius 2 is 1.65 bits per heavy atom. The number of rotatable bonds is 7. The van der Waals surface area contributed by atoms with Crippen LogP contribution in [0.15, 0.2) is 48.8 Å². The van der Waals surface area contributed by atoms with Gasteiger partial charge in [0.15, 0.2) is 5.82 Å². The molecular formula is C39H47N7O2S. The van der Waals surface area contributed by atoms with E-state index in [1.165, 1.54) is 56.3 Å². The Hall–Kier alpha value is -3.60. The third kappa shape index (κ3) is 5.33. The smallest absolute Gasteiger partial charge is 0.238 e. The molecule has 5 heterocycles. The highest BCUT2D eigenvalue weighted by atomic mass is 32.2. The van der Waals surface area contributed by atoms with E-state index in [1.54, 1.807) is 6.26 Å². The van der Waals surface area contributed by atoms with E-state index < -0.39 is 16.4 Å². The summed E-state index contributed by atoms with van der Waals surface area (Å²) in [5.74, 6) is 1.06. The minimum Gasteiger partial charge on any atom is -0.338 e. The zero-order valence-electron chi connectivity index (χ0n) is 29.0. The van der Waals surface area contributed by atoms with Gasteiger partial charge in [0.05, 0.1) is 33.9 Å². The molecule has 9 rings (SSSR count). The van der Waals surface area contributed by atoms with Crippen LogP contribution in [0.3, 0.4) is 0 Å². The van der Waals surface area contributed by atoms with Gasteiger partial charge in [0.25, 0.3) is 0 Å². The predicted octanol–water partition coefficient (Wildman–Crippen LogP) is 6.78. The molecule has 0 radical (unpaired) electrons. The van der Waals surface area contributed by atoms with Gasteiger partial charge >= 0.3 is 0 Å². The molecule has 1 N–H and O–H groups in total. The molecule has 2 saturated carbocycles. The van der Waals surface area contributed by atoms with Gasteiger partial charge in [0, 0.05) is 54.4 Å². The van der Waals surface area contributed by atoms with Crippen LogP contribution in [-0.2, 0) is 21.2 Å². The number of benzene rings is 2. The molecular weight excluding hydrogens is 631 g/mol. The van der Waals surface area contributed by atoms with Crippen LogP contribution in [0.5, 0.6) is 0 Å². The first-order valence-corrected chi connectivity index (χ1v) is 19.8. The van der Waals surface area contributed by atoms with Crippen molar-refractivity contribution in [3.05, 3.63) is 65.5 Å². The molecule has 1 unspecified atom stereocenters. The number of aromatic nitrogens is 3. The maximum Gasteiger partial charge on any atom is 0.238 e. The molecule has 1 atom stereocenters. The quantitative estimate of drug-likeness (QED) is 0.232. The summed E-state index contributed by atoms with van der Waals surface area (Å²) in [5.41, 5.74) is 8.95. The Balaban J connectivity index is 1.10. The standard InChI is InChI=1S/C39H47N7O2S/c1-25-7-9-28(19-26(25)2)41-37-36-34(40-24-45(36)29-10-11-29)23-33(42-37)27-8-12-32-35(20-27)46(31-21-30(22-31)43-15-5-4-6-16-43)38(47)39(32)13-17-44(18-14-39)49(3)48/h7-9,12,19-20,23-24,29-31H,4-6,10-11,13-18,21-22H2,1-3H3,(H,41,42). The number of carbonyl (C=O) groups is 1. The molecule has 10 heteroatoms. The van der Waals surface area contributed by atoms with Gasteiger partial charge in [0.2, 0.25) is 5.91 Å². The Morgan fingerprint density at radius 1 is 0.878 bits per heavy atom. The summed E-state index contributed by atoms with van der Waals surface area (Å²) < 4.78 is 16.7. The number of fused-ring (bicyclic) bond motifs is 3. The predicted molar refractivity (Wildman–Crippen MR) is 197 cm³/mol. The lowest BCUT2D eigenvalue weighted by atomic mass is 9.73. The number of amides is 1. The van der Waals surface area contributed by atoms with Gasteiger partial charge in [-0.05, 0) is 119 Å². The van der Waals surface area contributed by atoms with Crippen molar-refractivity contribution in [3.8, 4) is 11.3 Å². The van der Waals surface area contributed by atoms with Gasteiger partial charge in [-0.25, -0.2) is 18.5 Å². The number of anilines is 3. The minimum absolute atomic E-state index is 0.206. The number of carbonyl (C=O) groups excluding carboxylic acids is 1. The van der Waals surface area contributed by atoms with Gasteiger partial charge in [-0.15, -0.1) is 0 Å². The van der Waals surface area contributed by atoms with Crippen LogP contribution in [0, 0.1) is 13.8 Å². The minimum atomic E-state index is -1.03. The molecule has 5 aliphatic rings. The summed E-state index contributed by atoms with van der Waals surface area (Å²) in [5, 5.41) is 3.66. The Kier molecular flexibility index (Phi) is 7.70. The summed E-state index contributed by atoms with van der Waals surface area (Å²) in [6, 6.07) is 16.4. The number of aryl methyl sites for hydroxylation is 2. The van der Waals surface area contributed by atoms with Gasteiger partial charge in [-0.2, -0.15) is 0 Å². The van der Waals surface area contributed by atoms with Crippen molar-refractivity contribution in [2.45, 2.75) is 95.2 Å². The van der Waals surface area contributed by atoms with E-state index in [2.05, 4.69) is 76.0 Å². The lowest BCUT2D eigenvalue weighted by Crippen LogP contribution is -2.58. The van der Waals surface area contributed by atoms with Crippen molar-refractivity contribution < 1.29 is 9.00 Å². The summed E-state index contributed by atoms with van der Waals surface area (Å²) in [7, 11) is -1.03. The second kappa shape index (κ2) is 12.0. The average molecular weight is 678 g/mol. The summed E-state index contributed by atoms with van der Waals surface area (Å²) in [6.07, 6.45) is 13.4. The van der Waals surface area contributed by atoms with E-state index in [4.69, 9.17) is 9.97 Å². The average Bonchev–Trinajstić information content (AvgIpc) is 3.81. The first-order valence-electron chi connectivity index (χ1n) is 18.3. The fourth-order valence-corrected chi connectivity index (χ4v) is 9.65. The number of likely N-dealkylation sites (tertiary alicyclic amines) is 1. The van der Waals surface area contributed by atoms with Crippen LogP contribution >= 0.6 is 0 Å². The number of nitrogens with zero attached hydrogens (tertiary/aromatic N) is 6. The Labute approximate surface area is 291 Å². The zero-order valence-corrected chi connectivity index (χ0v) is 29.8. The molecule has 1 spiro atoms. The summed E-state index contributed by atoms with van der Waals surface area (Å²) in [6.45, 7) is 7.98. The van der Waals surface area contributed by atoms with Crippen molar-refractivity contribution >= 4 is 45.1 Å².